The van der Waals surface area contributed by atoms with E-state index in [1.807, 2.05) is 0 Å². The third-order valence-corrected chi connectivity index (χ3v) is 5.58. The second kappa shape index (κ2) is 7.42. The first-order valence-electron chi connectivity index (χ1n) is 7.75. The maximum atomic E-state index is 12.1. The molecule has 0 spiro atoms. The van der Waals surface area contributed by atoms with Crippen molar-refractivity contribution < 1.29 is 18.7 Å². The molecule has 0 aromatic carbocycles. The first-order valence-corrected chi connectivity index (χ1v) is 9.35. The SMILES string of the molecule is CC1CCc2c(sc(NC(=O)COC(=O)c3ccc(Br)o3)c2C#N)C1. The van der Waals surface area contributed by atoms with E-state index in [9.17, 15) is 14.9 Å². The van der Waals surface area contributed by atoms with Gasteiger partial charge in [-0.2, -0.15) is 5.26 Å². The van der Waals surface area contributed by atoms with Gasteiger partial charge in [-0.3, -0.25) is 4.79 Å². The molecule has 1 aliphatic carbocycles. The number of rotatable bonds is 4. The Kier molecular flexibility index (Phi) is 5.25. The van der Waals surface area contributed by atoms with Crippen molar-refractivity contribution in [2.45, 2.75) is 26.2 Å². The second-order valence-electron chi connectivity index (χ2n) is 5.90. The molecular weight excluding hydrogens is 408 g/mol. The summed E-state index contributed by atoms with van der Waals surface area (Å²) in [7, 11) is 0. The van der Waals surface area contributed by atoms with E-state index in [-0.39, 0.29) is 5.76 Å². The topological polar surface area (TPSA) is 92.3 Å². The lowest BCUT2D eigenvalue weighted by Crippen LogP contribution is -2.20. The highest BCUT2D eigenvalue weighted by Crippen LogP contribution is 2.39. The summed E-state index contributed by atoms with van der Waals surface area (Å²) in [4.78, 5) is 25.0. The summed E-state index contributed by atoms with van der Waals surface area (Å²) in [6.45, 7) is 1.74. The van der Waals surface area contributed by atoms with Crippen molar-refractivity contribution in [3.8, 4) is 6.07 Å². The van der Waals surface area contributed by atoms with Crippen LogP contribution in [0.15, 0.2) is 21.2 Å². The Morgan fingerprint density at radius 3 is 3.00 bits per heavy atom. The van der Waals surface area contributed by atoms with Crippen molar-refractivity contribution in [3.05, 3.63) is 38.6 Å². The number of esters is 1. The number of carbonyl (C=O) groups is 2. The predicted molar refractivity (Wildman–Crippen MR) is 95.5 cm³/mol. The fourth-order valence-corrected chi connectivity index (χ4v) is 4.43. The number of furan rings is 1. The number of ether oxygens (including phenoxy) is 1. The molecule has 6 nitrogen and oxygen atoms in total. The van der Waals surface area contributed by atoms with Gasteiger partial charge in [-0.15, -0.1) is 11.3 Å². The average Bonchev–Trinajstić information content (AvgIpc) is 3.15. The number of hydrogen-bond acceptors (Lipinski definition) is 6. The van der Waals surface area contributed by atoms with E-state index >= 15 is 0 Å². The van der Waals surface area contributed by atoms with Crippen LogP contribution in [0.25, 0.3) is 0 Å². The zero-order chi connectivity index (χ0) is 18.0. The van der Waals surface area contributed by atoms with Gasteiger partial charge in [-0.05, 0) is 58.8 Å². The van der Waals surface area contributed by atoms with E-state index < -0.39 is 18.5 Å². The van der Waals surface area contributed by atoms with Crippen molar-refractivity contribution in [2.75, 3.05) is 11.9 Å². The molecule has 1 unspecified atom stereocenters. The molecule has 2 aromatic heterocycles. The Morgan fingerprint density at radius 2 is 2.32 bits per heavy atom. The maximum absolute atomic E-state index is 12.1. The van der Waals surface area contributed by atoms with Crippen LogP contribution in [0.4, 0.5) is 5.00 Å². The number of hydrogen-bond donors (Lipinski definition) is 1. The van der Waals surface area contributed by atoms with E-state index in [4.69, 9.17) is 9.15 Å². The van der Waals surface area contributed by atoms with Crippen molar-refractivity contribution >= 4 is 44.1 Å². The van der Waals surface area contributed by atoms with Gasteiger partial charge >= 0.3 is 5.97 Å². The Morgan fingerprint density at radius 1 is 1.52 bits per heavy atom. The average molecular weight is 423 g/mol. The van der Waals surface area contributed by atoms with E-state index in [2.05, 4.69) is 34.2 Å². The highest BCUT2D eigenvalue weighted by Gasteiger charge is 2.25. The van der Waals surface area contributed by atoms with Crippen molar-refractivity contribution in [1.29, 1.82) is 5.26 Å². The number of nitrogens with zero attached hydrogens (tertiary/aromatic N) is 1. The second-order valence-corrected chi connectivity index (χ2v) is 7.78. The van der Waals surface area contributed by atoms with Crippen LogP contribution in [0.1, 0.15) is 39.9 Å². The lowest BCUT2D eigenvalue weighted by Gasteiger charge is -2.17. The number of carbonyl (C=O) groups excluding carboxylic acids is 2. The molecule has 25 heavy (non-hydrogen) atoms. The lowest BCUT2D eigenvalue weighted by atomic mass is 9.89. The summed E-state index contributed by atoms with van der Waals surface area (Å²) in [5, 5.41) is 12.6. The minimum atomic E-state index is -0.722. The highest BCUT2D eigenvalue weighted by atomic mass is 79.9. The number of thiophene rings is 1. The molecule has 0 saturated carbocycles. The third kappa shape index (κ3) is 3.94. The fourth-order valence-electron chi connectivity index (χ4n) is 2.75. The molecule has 0 radical (unpaired) electrons. The van der Waals surface area contributed by atoms with E-state index in [1.54, 1.807) is 6.07 Å². The first kappa shape index (κ1) is 17.7. The molecule has 1 N–H and O–H groups in total. The molecule has 130 valence electrons. The Balaban J connectivity index is 1.63. The van der Waals surface area contributed by atoms with Gasteiger partial charge in [0.15, 0.2) is 11.3 Å². The standard InChI is InChI=1S/C17H15BrN2O4S/c1-9-2-3-10-11(7-19)16(25-13(10)6-9)20-15(21)8-23-17(22)12-4-5-14(18)24-12/h4-5,9H,2-3,6,8H2,1H3,(H,20,21). The number of fused-ring (bicyclic) bond motifs is 1. The molecule has 3 rings (SSSR count). The van der Waals surface area contributed by atoms with Crippen LogP contribution in [0.3, 0.4) is 0 Å². The zero-order valence-corrected chi connectivity index (χ0v) is 15.8. The summed E-state index contributed by atoms with van der Waals surface area (Å²) in [5.41, 5.74) is 1.57. The molecule has 0 fully saturated rings. The molecule has 1 aliphatic rings. The molecule has 2 heterocycles. The molecule has 0 bridgehead atoms. The summed E-state index contributed by atoms with van der Waals surface area (Å²) in [5.74, 6) is -0.615. The predicted octanol–water partition coefficient (Wildman–Crippen LogP) is 3.90. The van der Waals surface area contributed by atoms with Crippen LogP contribution in [0, 0.1) is 17.2 Å². The Bertz CT molecular complexity index is 865. The first-order chi connectivity index (χ1) is 12.0. The summed E-state index contributed by atoms with van der Waals surface area (Å²) in [6.07, 6.45) is 2.82. The van der Waals surface area contributed by atoms with Gasteiger partial charge in [0.25, 0.3) is 5.91 Å². The minimum absolute atomic E-state index is 0.0120. The molecule has 1 atom stereocenters. The van der Waals surface area contributed by atoms with Gasteiger partial charge < -0.3 is 14.5 Å². The Labute approximate surface area is 156 Å². The fraction of sp³-hybridized carbons (Fsp3) is 0.353. The monoisotopic (exact) mass is 422 g/mol. The van der Waals surface area contributed by atoms with Crippen LogP contribution < -0.4 is 5.32 Å². The minimum Gasteiger partial charge on any atom is -0.450 e. The maximum Gasteiger partial charge on any atom is 0.374 e. The molecule has 8 heteroatoms. The van der Waals surface area contributed by atoms with E-state index in [1.165, 1.54) is 17.4 Å². The van der Waals surface area contributed by atoms with Gasteiger partial charge in [0, 0.05) is 4.88 Å². The summed E-state index contributed by atoms with van der Waals surface area (Å²) < 4.78 is 10.4. The third-order valence-electron chi connectivity index (χ3n) is 3.99. The normalized spacial score (nSPS) is 16.0. The molecular formula is C17H15BrN2O4S. The van der Waals surface area contributed by atoms with Crippen molar-refractivity contribution in [2.24, 2.45) is 5.92 Å². The number of nitriles is 1. The van der Waals surface area contributed by atoms with Crippen LogP contribution in [0.2, 0.25) is 0 Å². The molecule has 0 aliphatic heterocycles. The van der Waals surface area contributed by atoms with Crippen molar-refractivity contribution in [3.63, 3.8) is 0 Å². The van der Waals surface area contributed by atoms with Crippen LogP contribution in [0.5, 0.6) is 0 Å². The summed E-state index contributed by atoms with van der Waals surface area (Å²) >= 11 is 4.52. The number of anilines is 1. The zero-order valence-electron chi connectivity index (χ0n) is 13.4. The van der Waals surface area contributed by atoms with Crippen molar-refractivity contribution in [1.82, 2.24) is 0 Å². The van der Waals surface area contributed by atoms with E-state index in [0.29, 0.717) is 21.2 Å². The van der Waals surface area contributed by atoms with Gasteiger partial charge in [-0.25, -0.2) is 4.79 Å². The summed E-state index contributed by atoms with van der Waals surface area (Å²) in [6, 6.07) is 5.20. The van der Waals surface area contributed by atoms with Gasteiger partial charge in [0.1, 0.15) is 11.1 Å². The highest BCUT2D eigenvalue weighted by molar-refractivity contribution is 9.10. The Hall–Kier alpha value is -2.11. The smallest absolute Gasteiger partial charge is 0.374 e. The van der Waals surface area contributed by atoms with Crippen LogP contribution in [-0.4, -0.2) is 18.5 Å². The molecule has 2 aromatic rings. The lowest BCUT2D eigenvalue weighted by molar-refractivity contribution is -0.119. The van der Waals surface area contributed by atoms with Gasteiger partial charge in [-0.1, -0.05) is 6.92 Å². The van der Waals surface area contributed by atoms with E-state index in [0.717, 1.165) is 29.7 Å². The largest absolute Gasteiger partial charge is 0.450 e. The number of nitrogens with one attached hydrogen (secondary N) is 1. The van der Waals surface area contributed by atoms with Crippen LogP contribution in [-0.2, 0) is 22.4 Å². The van der Waals surface area contributed by atoms with Gasteiger partial charge in [0.05, 0.1) is 5.56 Å². The van der Waals surface area contributed by atoms with Gasteiger partial charge in [0.2, 0.25) is 5.76 Å². The number of amides is 1. The number of halogens is 1. The molecule has 0 saturated heterocycles. The molecule has 1 amide bonds. The quantitative estimate of drug-likeness (QED) is 0.754. The van der Waals surface area contributed by atoms with Crippen LogP contribution >= 0.6 is 27.3 Å².